The Morgan fingerprint density at radius 1 is 1.31 bits per heavy atom. The molecule has 7 heteroatoms. The lowest BCUT2D eigenvalue weighted by molar-refractivity contribution is 0.0696. The number of rotatable bonds is 5. The Balaban J connectivity index is 2.08. The molecule has 0 saturated heterocycles. The molecule has 26 heavy (non-hydrogen) atoms. The minimum absolute atomic E-state index is 0.222. The minimum Gasteiger partial charge on any atom is -0.478 e. The van der Waals surface area contributed by atoms with Crippen LogP contribution in [-0.2, 0) is 6.54 Å². The van der Waals surface area contributed by atoms with E-state index >= 15 is 0 Å². The summed E-state index contributed by atoms with van der Waals surface area (Å²) in [4.78, 5) is 16.0. The zero-order chi connectivity index (χ0) is 19.0. The normalized spacial score (nSPS) is 11.3. The second-order valence-corrected chi connectivity index (χ2v) is 7.36. The summed E-state index contributed by atoms with van der Waals surface area (Å²) >= 11 is 1.23. The van der Waals surface area contributed by atoms with Crippen molar-refractivity contribution in [3.63, 3.8) is 0 Å². The van der Waals surface area contributed by atoms with E-state index in [0.29, 0.717) is 34.6 Å². The Labute approximate surface area is 153 Å². The van der Waals surface area contributed by atoms with Crippen molar-refractivity contribution in [3.05, 3.63) is 52.5 Å². The van der Waals surface area contributed by atoms with Crippen molar-refractivity contribution in [2.45, 2.75) is 27.3 Å². The molecule has 136 valence electrons. The van der Waals surface area contributed by atoms with Crippen LogP contribution in [0.25, 0.3) is 22.0 Å². The molecular formula is C19H18F2N2O2S. The molecule has 0 bridgehead atoms. The van der Waals surface area contributed by atoms with E-state index in [1.807, 2.05) is 18.4 Å². The van der Waals surface area contributed by atoms with E-state index in [1.165, 1.54) is 23.5 Å². The van der Waals surface area contributed by atoms with Gasteiger partial charge in [-0.05, 0) is 31.0 Å². The standard InChI is InChI=1S/C19H18F2N2O2S/c1-10(2)8-23-11(3)14(19(24)25)7-17(23)16-9-26-18(22-16)13-5-4-12(20)6-15(13)21/h4-7,9-10H,8H2,1-3H3,(H,24,25). The summed E-state index contributed by atoms with van der Waals surface area (Å²) in [6, 6.07) is 4.96. The lowest BCUT2D eigenvalue weighted by atomic mass is 10.2. The van der Waals surface area contributed by atoms with Crippen LogP contribution in [0, 0.1) is 24.5 Å². The highest BCUT2D eigenvalue weighted by atomic mass is 32.1. The number of hydrogen-bond acceptors (Lipinski definition) is 3. The van der Waals surface area contributed by atoms with Crippen molar-refractivity contribution in [2.24, 2.45) is 5.92 Å². The Bertz CT molecular complexity index is 976. The average molecular weight is 376 g/mol. The maximum absolute atomic E-state index is 14.0. The molecule has 0 aliphatic heterocycles. The molecule has 0 aliphatic rings. The first kappa shape index (κ1) is 18.3. The lowest BCUT2D eigenvalue weighted by Crippen LogP contribution is -2.09. The maximum atomic E-state index is 14.0. The van der Waals surface area contributed by atoms with Crippen LogP contribution < -0.4 is 0 Å². The molecule has 3 aromatic rings. The summed E-state index contributed by atoms with van der Waals surface area (Å²) in [7, 11) is 0. The molecule has 0 radical (unpaired) electrons. The molecule has 3 rings (SSSR count). The zero-order valence-corrected chi connectivity index (χ0v) is 15.4. The van der Waals surface area contributed by atoms with Crippen LogP contribution in [0.3, 0.4) is 0 Å². The summed E-state index contributed by atoms with van der Waals surface area (Å²) in [6.45, 7) is 6.50. The summed E-state index contributed by atoms with van der Waals surface area (Å²) in [5.41, 5.74) is 2.36. The van der Waals surface area contributed by atoms with Gasteiger partial charge < -0.3 is 9.67 Å². The molecule has 0 atom stereocenters. The number of thiazole rings is 1. The summed E-state index contributed by atoms with van der Waals surface area (Å²) < 4.78 is 29.1. The highest BCUT2D eigenvalue weighted by molar-refractivity contribution is 7.13. The van der Waals surface area contributed by atoms with E-state index in [9.17, 15) is 18.7 Å². The van der Waals surface area contributed by atoms with Gasteiger partial charge in [-0.2, -0.15) is 0 Å². The van der Waals surface area contributed by atoms with Gasteiger partial charge in [-0.3, -0.25) is 0 Å². The molecule has 0 saturated carbocycles. The molecule has 0 aliphatic carbocycles. The molecule has 0 unspecified atom stereocenters. The summed E-state index contributed by atoms with van der Waals surface area (Å²) in [6.07, 6.45) is 0. The number of benzene rings is 1. The van der Waals surface area contributed by atoms with Crippen molar-refractivity contribution < 1.29 is 18.7 Å². The first-order chi connectivity index (χ1) is 12.3. The number of carboxylic acid groups (broad SMARTS) is 1. The van der Waals surface area contributed by atoms with E-state index in [0.717, 1.165) is 6.07 Å². The van der Waals surface area contributed by atoms with Crippen molar-refractivity contribution in [1.29, 1.82) is 0 Å². The number of aromatic carboxylic acids is 1. The van der Waals surface area contributed by atoms with E-state index < -0.39 is 17.6 Å². The van der Waals surface area contributed by atoms with Crippen molar-refractivity contribution in [1.82, 2.24) is 9.55 Å². The highest BCUT2D eigenvalue weighted by Gasteiger charge is 2.21. The summed E-state index contributed by atoms with van der Waals surface area (Å²) in [5, 5.41) is 11.6. The van der Waals surface area contributed by atoms with Gasteiger partial charge in [0.05, 0.1) is 17.0 Å². The van der Waals surface area contributed by atoms with Crippen molar-refractivity contribution >= 4 is 17.3 Å². The third-order valence-electron chi connectivity index (χ3n) is 4.07. The maximum Gasteiger partial charge on any atom is 0.337 e. The molecule has 4 nitrogen and oxygen atoms in total. The molecule has 2 heterocycles. The Kier molecular flexibility index (Phi) is 4.91. The number of hydrogen-bond donors (Lipinski definition) is 1. The van der Waals surface area contributed by atoms with Gasteiger partial charge in [0, 0.05) is 29.2 Å². The van der Waals surface area contributed by atoms with Gasteiger partial charge in [0.25, 0.3) is 0 Å². The minimum atomic E-state index is -0.994. The second kappa shape index (κ2) is 6.99. The van der Waals surface area contributed by atoms with Crippen LogP contribution >= 0.6 is 11.3 Å². The summed E-state index contributed by atoms with van der Waals surface area (Å²) in [5.74, 6) is -2.00. The molecule has 2 aromatic heterocycles. The van der Waals surface area contributed by atoms with Crippen LogP contribution in [0.2, 0.25) is 0 Å². The van der Waals surface area contributed by atoms with Gasteiger partial charge >= 0.3 is 5.97 Å². The molecule has 0 amide bonds. The van der Waals surface area contributed by atoms with Gasteiger partial charge in [0.1, 0.15) is 16.6 Å². The Morgan fingerprint density at radius 2 is 2.04 bits per heavy atom. The first-order valence-electron chi connectivity index (χ1n) is 8.12. The Morgan fingerprint density at radius 3 is 2.65 bits per heavy atom. The molecule has 1 aromatic carbocycles. The number of aromatic nitrogens is 2. The quantitative estimate of drug-likeness (QED) is 0.664. The lowest BCUT2D eigenvalue weighted by Gasteiger charge is -2.13. The Hall–Kier alpha value is -2.54. The van der Waals surface area contributed by atoms with E-state index in [-0.39, 0.29) is 11.1 Å². The van der Waals surface area contributed by atoms with E-state index in [4.69, 9.17) is 0 Å². The third kappa shape index (κ3) is 3.39. The fraction of sp³-hybridized carbons (Fsp3) is 0.263. The second-order valence-electron chi connectivity index (χ2n) is 6.50. The topological polar surface area (TPSA) is 55.1 Å². The number of nitrogens with zero attached hydrogens (tertiary/aromatic N) is 2. The molecule has 0 fully saturated rings. The number of carboxylic acids is 1. The average Bonchev–Trinajstić information content (AvgIpc) is 3.13. The van der Waals surface area contributed by atoms with Crippen molar-refractivity contribution in [2.75, 3.05) is 0 Å². The largest absolute Gasteiger partial charge is 0.478 e. The van der Waals surface area contributed by atoms with Gasteiger partial charge in [-0.1, -0.05) is 13.8 Å². The van der Waals surface area contributed by atoms with Gasteiger partial charge in [0.15, 0.2) is 0 Å². The van der Waals surface area contributed by atoms with E-state index in [2.05, 4.69) is 4.98 Å². The van der Waals surface area contributed by atoms with Crippen molar-refractivity contribution in [3.8, 4) is 22.0 Å². The number of carbonyl (C=O) groups is 1. The van der Waals surface area contributed by atoms with E-state index in [1.54, 1.807) is 18.4 Å². The van der Waals surface area contributed by atoms with Gasteiger partial charge in [-0.25, -0.2) is 18.6 Å². The SMILES string of the molecule is Cc1c(C(=O)O)cc(-c2csc(-c3ccc(F)cc3F)n2)n1CC(C)C. The zero-order valence-electron chi connectivity index (χ0n) is 14.6. The fourth-order valence-electron chi connectivity index (χ4n) is 2.85. The van der Waals surface area contributed by atoms with Crippen LogP contribution in [0.5, 0.6) is 0 Å². The van der Waals surface area contributed by atoms with Gasteiger partial charge in [0.2, 0.25) is 0 Å². The van der Waals surface area contributed by atoms with Crippen LogP contribution in [0.1, 0.15) is 29.9 Å². The molecular weight excluding hydrogens is 358 g/mol. The highest BCUT2D eigenvalue weighted by Crippen LogP contribution is 2.33. The first-order valence-corrected chi connectivity index (χ1v) is 9.00. The molecule has 0 spiro atoms. The third-order valence-corrected chi connectivity index (χ3v) is 4.95. The van der Waals surface area contributed by atoms with Crippen LogP contribution in [-0.4, -0.2) is 20.6 Å². The van der Waals surface area contributed by atoms with Crippen LogP contribution in [0.4, 0.5) is 8.78 Å². The number of halogens is 2. The monoisotopic (exact) mass is 376 g/mol. The predicted molar refractivity (Wildman–Crippen MR) is 97.4 cm³/mol. The van der Waals surface area contributed by atoms with Gasteiger partial charge in [-0.15, -0.1) is 11.3 Å². The fourth-order valence-corrected chi connectivity index (χ4v) is 3.69. The van der Waals surface area contributed by atoms with Crippen LogP contribution in [0.15, 0.2) is 29.6 Å². The molecule has 1 N–H and O–H groups in total. The smallest absolute Gasteiger partial charge is 0.337 e. The predicted octanol–water partition coefficient (Wildman–Crippen LogP) is 5.22.